The van der Waals surface area contributed by atoms with Gasteiger partial charge in [-0.2, -0.15) is 0 Å². The number of hydrogen-bond donors (Lipinski definition) is 1. The van der Waals surface area contributed by atoms with Crippen LogP contribution in [0.3, 0.4) is 0 Å². The molecule has 0 saturated carbocycles. The predicted molar refractivity (Wildman–Crippen MR) is 101 cm³/mol. The second kappa shape index (κ2) is 6.95. The highest BCUT2D eigenvalue weighted by molar-refractivity contribution is 5.56. The van der Waals surface area contributed by atoms with Crippen molar-refractivity contribution >= 4 is 0 Å². The summed E-state index contributed by atoms with van der Waals surface area (Å²) in [5.74, 6) is 1.34. The third-order valence-corrected chi connectivity index (χ3v) is 5.07. The third-order valence-electron chi connectivity index (χ3n) is 5.07. The molecule has 137 valence electrons. The largest absolute Gasteiger partial charge is 0.508 e. The van der Waals surface area contributed by atoms with Gasteiger partial charge in [0.1, 0.15) is 23.1 Å². The number of rotatable bonds is 4. The third kappa shape index (κ3) is 3.47. The lowest BCUT2D eigenvalue weighted by Gasteiger charge is -2.15. The molecule has 1 aliphatic carbocycles. The van der Waals surface area contributed by atoms with Crippen molar-refractivity contribution in [2.45, 2.75) is 32.6 Å². The number of aromatic hydroxyl groups is 1. The summed E-state index contributed by atoms with van der Waals surface area (Å²) in [6.07, 6.45) is 3.09. The van der Waals surface area contributed by atoms with E-state index in [-0.39, 0.29) is 17.3 Å². The Hall–Kier alpha value is -3.01. The van der Waals surface area contributed by atoms with E-state index in [1.54, 1.807) is 36.4 Å². The Morgan fingerprint density at radius 3 is 2.56 bits per heavy atom. The van der Waals surface area contributed by atoms with Crippen LogP contribution in [-0.2, 0) is 24.4 Å². The van der Waals surface area contributed by atoms with Crippen molar-refractivity contribution in [2.24, 2.45) is 0 Å². The lowest BCUT2D eigenvalue weighted by Crippen LogP contribution is -1.96. The van der Waals surface area contributed by atoms with Gasteiger partial charge in [-0.3, -0.25) is 5.11 Å². The summed E-state index contributed by atoms with van der Waals surface area (Å²) < 4.78 is 19.2. The molecule has 0 aromatic heterocycles. The Balaban J connectivity index is 1.64. The highest BCUT2D eigenvalue weighted by Crippen LogP contribution is 2.41. The summed E-state index contributed by atoms with van der Waals surface area (Å²) in [7, 11) is 0. The zero-order chi connectivity index (χ0) is 19.0. The Kier molecular flexibility index (Phi) is 4.48. The first-order chi connectivity index (χ1) is 13.0. The maximum Gasteiger partial charge on any atom is 0.182 e. The second-order valence-electron chi connectivity index (χ2n) is 7.03. The average molecular weight is 363 g/mol. The van der Waals surface area contributed by atoms with E-state index in [4.69, 9.17) is 4.74 Å². The zero-order valence-corrected chi connectivity index (χ0v) is 15.1. The summed E-state index contributed by atoms with van der Waals surface area (Å²) in [4.78, 5) is 0. The van der Waals surface area contributed by atoms with Crippen LogP contribution < -0.4 is 4.74 Å². The molecule has 0 amide bonds. The molecule has 0 saturated heterocycles. The van der Waals surface area contributed by atoms with Crippen LogP contribution in [0.25, 0.3) is 0 Å². The van der Waals surface area contributed by atoms with Gasteiger partial charge in [-0.15, -0.1) is 0 Å². The summed E-state index contributed by atoms with van der Waals surface area (Å²) >= 11 is 0. The molecular weight excluding hydrogens is 343 g/mol. The second-order valence-corrected chi connectivity index (χ2v) is 7.03. The molecule has 0 aliphatic heterocycles. The van der Waals surface area contributed by atoms with Gasteiger partial charge in [0.15, 0.2) is 5.75 Å². The monoisotopic (exact) mass is 363 g/mol. The van der Waals surface area contributed by atoms with E-state index < -0.39 is 0 Å². The molecule has 1 N–H and O–H groups in total. The predicted octanol–water partition coefficient (Wildman–Crippen LogP) is 5.86. The number of fused-ring (bicyclic) bond motifs is 1. The first-order valence-electron chi connectivity index (χ1n) is 9.08. The molecule has 1 radical (unpaired) electrons. The minimum Gasteiger partial charge on any atom is -0.508 e. The molecular formula is C23H20FO3. The standard InChI is InChI=1S/C23H20FO3/c1-14-11-22(26)19-3-2-4-20(19)23(14)27-18-9-10-21(25)16(13-18)12-15-5-7-17(24)8-6-15/h5-11,13,25H,2-4,12H2,1H3. The van der Waals surface area contributed by atoms with Crippen LogP contribution in [0.5, 0.6) is 23.0 Å². The maximum atomic E-state index is 13.1. The molecule has 27 heavy (non-hydrogen) atoms. The van der Waals surface area contributed by atoms with Crippen molar-refractivity contribution in [2.75, 3.05) is 0 Å². The van der Waals surface area contributed by atoms with E-state index >= 15 is 0 Å². The van der Waals surface area contributed by atoms with Crippen molar-refractivity contribution in [3.05, 3.63) is 82.2 Å². The fourth-order valence-corrected chi connectivity index (χ4v) is 3.70. The minimum absolute atomic E-state index is 0.0926. The average Bonchev–Trinajstić information content (AvgIpc) is 3.13. The van der Waals surface area contributed by atoms with Gasteiger partial charge in [-0.25, -0.2) is 4.39 Å². The van der Waals surface area contributed by atoms with Gasteiger partial charge in [0, 0.05) is 23.1 Å². The molecule has 3 nitrogen and oxygen atoms in total. The first-order valence-corrected chi connectivity index (χ1v) is 9.08. The van der Waals surface area contributed by atoms with Crippen molar-refractivity contribution in [3.8, 4) is 23.0 Å². The SMILES string of the molecule is Cc1cc([O])c2c(c1Oc1ccc(O)c(Cc3ccc(F)cc3)c1)CCC2. The van der Waals surface area contributed by atoms with Crippen molar-refractivity contribution in [1.29, 1.82) is 0 Å². The summed E-state index contributed by atoms with van der Waals surface area (Å²) in [6, 6.07) is 13.0. The number of hydrogen-bond acceptors (Lipinski definition) is 2. The smallest absolute Gasteiger partial charge is 0.182 e. The number of phenolic OH excluding ortho intramolecular Hbond substituents is 1. The van der Waals surface area contributed by atoms with E-state index in [1.165, 1.54) is 12.1 Å². The fourth-order valence-electron chi connectivity index (χ4n) is 3.70. The quantitative estimate of drug-likeness (QED) is 0.631. The van der Waals surface area contributed by atoms with Gasteiger partial charge in [0.05, 0.1) is 0 Å². The maximum absolute atomic E-state index is 13.1. The fraction of sp³-hybridized carbons (Fsp3) is 0.217. The molecule has 3 aromatic rings. The van der Waals surface area contributed by atoms with Crippen LogP contribution in [0.15, 0.2) is 48.5 Å². The molecule has 0 fully saturated rings. The van der Waals surface area contributed by atoms with Crippen LogP contribution in [0.2, 0.25) is 0 Å². The number of aryl methyl sites for hydroxylation is 1. The Morgan fingerprint density at radius 1 is 1.04 bits per heavy atom. The van der Waals surface area contributed by atoms with Gasteiger partial charge in [0.25, 0.3) is 0 Å². The van der Waals surface area contributed by atoms with E-state index in [0.29, 0.717) is 17.7 Å². The normalized spacial score (nSPS) is 12.8. The summed E-state index contributed by atoms with van der Waals surface area (Å²) in [6.45, 7) is 1.88. The highest BCUT2D eigenvalue weighted by atomic mass is 19.1. The highest BCUT2D eigenvalue weighted by Gasteiger charge is 2.23. The molecule has 0 bridgehead atoms. The molecule has 0 spiro atoms. The van der Waals surface area contributed by atoms with Gasteiger partial charge >= 0.3 is 0 Å². The molecule has 3 aromatic carbocycles. The van der Waals surface area contributed by atoms with E-state index in [1.807, 2.05) is 6.92 Å². The lowest BCUT2D eigenvalue weighted by molar-refractivity contribution is 0.349. The van der Waals surface area contributed by atoms with Crippen molar-refractivity contribution in [3.63, 3.8) is 0 Å². The molecule has 1 aliphatic rings. The van der Waals surface area contributed by atoms with Gasteiger partial charge in [-0.1, -0.05) is 12.1 Å². The Labute approximate surface area is 157 Å². The number of halogens is 1. The van der Waals surface area contributed by atoms with Crippen LogP contribution in [0.1, 0.15) is 34.2 Å². The molecule has 0 heterocycles. The number of ether oxygens (including phenoxy) is 1. The van der Waals surface area contributed by atoms with Crippen molar-refractivity contribution < 1.29 is 19.3 Å². The van der Waals surface area contributed by atoms with Crippen LogP contribution in [-0.4, -0.2) is 5.11 Å². The summed E-state index contributed by atoms with van der Waals surface area (Å²) in [5.41, 5.74) is 4.30. The molecule has 4 rings (SSSR count). The first kappa shape index (κ1) is 17.4. The van der Waals surface area contributed by atoms with Gasteiger partial charge in [0.2, 0.25) is 0 Å². The van der Waals surface area contributed by atoms with E-state index in [0.717, 1.165) is 47.3 Å². The Morgan fingerprint density at radius 2 is 1.78 bits per heavy atom. The molecule has 0 unspecified atom stereocenters. The lowest BCUT2D eigenvalue weighted by atomic mass is 10.0. The van der Waals surface area contributed by atoms with Gasteiger partial charge in [-0.05, 0) is 73.7 Å². The zero-order valence-electron chi connectivity index (χ0n) is 15.1. The van der Waals surface area contributed by atoms with Gasteiger partial charge < -0.3 is 9.84 Å². The van der Waals surface area contributed by atoms with Crippen LogP contribution >= 0.6 is 0 Å². The number of phenols is 1. The summed E-state index contributed by atoms with van der Waals surface area (Å²) in [5, 5.41) is 22.3. The topological polar surface area (TPSA) is 49.4 Å². The van der Waals surface area contributed by atoms with Crippen LogP contribution in [0, 0.1) is 12.7 Å². The van der Waals surface area contributed by atoms with Crippen molar-refractivity contribution in [1.82, 2.24) is 0 Å². The van der Waals surface area contributed by atoms with E-state index in [2.05, 4.69) is 0 Å². The minimum atomic E-state index is -0.286. The molecule has 4 heteroatoms. The molecule has 0 atom stereocenters. The van der Waals surface area contributed by atoms with E-state index in [9.17, 15) is 14.6 Å². The Bertz CT molecular complexity index is 993. The van der Waals surface area contributed by atoms with Crippen LogP contribution in [0.4, 0.5) is 4.39 Å². The number of benzene rings is 3.